The maximum absolute atomic E-state index is 12.1. The molecule has 1 heterocycles. The Kier molecular flexibility index (Phi) is 5.30. The second-order valence-electron chi connectivity index (χ2n) is 4.91. The van der Waals surface area contributed by atoms with Gasteiger partial charge in [-0.3, -0.25) is 0 Å². The predicted molar refractivity (Wildman–Crippen MR) is 83.8 cm³/mol. The lowest BCUT2D eigenvalue weighted by atomic mass is 10.1. The van der Waals surface area contributed by atoms with E-state index in [4.69, 9.17) is 9.88 Å². The number of esters is 2. The van der Waals surface area contributed by atoms with Crippen LogP contribution in [0.4, 0.5) is 5.69 Å². The molecular weight excluding hydrogens is 356 g/mol. The molecule has 3 N–H and O–H groups in total. The van der Waals surface area contributed by atoms with Gasteiger partial charge in [-0.25, -0.2) is 23.1 Å². The number of hydrogen-bond donors (Lipinski definition) is 2. The Bertz CT molecular complexity index is 846. The number of sulfonamides is 1. The predicted octanol–water partition coefficient (Wildman–Crippen LogP) is -0.566. The number of anilines is 1. The van der Waals surface area contributed by atoms with Crippen LogP contribution in [0.2, 0.25) is 0 Å². The van der Waals surface area contributed by atoms with Gasteiger partial charge < -0.3 is 24.2 Å². The molecule has 0 aromatic heterocycles. The first kappa shape index (κ1) is 18.7. The molecule has 1 aliphatic rings. The lowest BCUT2D eigenvalue weighted by Gasteiger charge is -2.31. The molecule has 0 saturated heterocycles. The standard InChI is InChI=1S/C14H16N2O8S/c1-22-13(18)9-6-24-7-16(12(9)14(19)23-2)10-4-3-8(5-11(10)17)25(15,20)21/h3-5,17H,6-7H2,1-2H3,(H2,15,20,21). The summed E-state index contributed by atoms with van der Waals surface area (Å²) in [5.74, 6) is -2.13. The van der Waals surface area contributed by atoms with Crippen molar-refractivity contribution >= 4 is 27.6 Å². The monoisotopic (exact) mass is 372 g/mol. The van der Waals surface area contributed by atoms with Gasteiger partial charge in [0, 0.05) is 6.07 Å². The molecule has 0 saturated carbocycles. The molecule has 2 rings (SSSR count). The number of methoxy groups -OCH3 is 2. The fourth-order valence-corrected chi connectivity index (χ4v) is 2.78. The zero-order valence-corrected chi connectivity index (χ0v) is 14.2. The van der Waals surface area contributed by atoms with Crippen LogP contribution in [0.15, 0.2) is 34.4 Å². The van der Waals surface area contributed by atoms with Gasteiger partial charge in [0.25, 0.3) is 0 Å². The zero-order valence-electron chi connectivity index (χ0n) is 13.4. The first-order chi connectivity index (χ1) is 11.7. The molecule has 0 amide bonds. The van der Waals surface area contributed by atoms with Crippen LogP contribution in [0.25, 0.3) is 0 Å². The fraction of sp³-hybridized carbons (Fsp3) is 0.286. The van der Waals surface area contributed by atoms with E-state index in [9.17, 15) is 23.1 Å². The van der Waals surface area contributed by atoms with Gasteiger partial charge in [0.05, 0.1) is 37.0 Å². The van der Waals surface area contributed by atoms with Crippen molar-refractivity contribution in [1.82, 2.24) is 0 Å². The van der Waals surface area contributed by atoms with Gasteiger partial charge in [-0.15, -0.1) is 0 Å². The number of phenols is 1. The molecule has 0 unspecified atom stereocenters. The molecule has 0 spiro atoms. The number of benzene rings is 1. The Hall–Kier alpha value is -2.63. The van der Waals surface area contributed by atoms with Gasteiger partial charge in [0.15, 0.2) is 0 Å². The van der Waals surface area contributed by atoms with E-state index >= 15 is 0 Å². The summed E-state index contributed by atoms with van der Waals surface area (Å²) in [4.78, 5) is 24.9. The molecule has 11 heteroatoms. The summed E-state index contributed by atoms with van der Waals surface area (Å²) in [5.41, 5.74) is -0.260. The zero-order chi connectivity index (χ0) is 18.8. The highest BCUT2D eigenvalue weighted by Gasteiger charge is 2.33. The van der Waals surface area contributed by atoms with E-state index in [0.717, 1.165) is 26.4 Å². The van der Waals surface area contributed by atoms with Crippen LogP contribution in [0, 0.1) is 0 Å². The normalized spacial score (nSPS) is 15.1. The van der Waals surface area contributed by atoms with Crippen LogP contribution in [0.3, 0.4) is 0 Å². The number of primary sulfonamides is 1. The second-order valence-corrected chi connectivity index (χ2v) is 6.47. The van der Waals surface area contributed by atoms with Crippen molar-refractivity contribution in [3.63, 3.8) is 0 Å². The Morgan fingerprint density at radius 3 is 2.40 bits per heavy atom. The number of rotatable bonds is 4. The highest BCUT2D eigenvalue weighted by Crippen LogP contribution is 2.34. The number of nitrogens with zero attached hydrogens (tertiary/aromatic N) is 1. The molecular formula is C14H16N2O8S. The third-order valence-corrected chi connectivity index (χ3v) is 4.31. The first-order valence-corrected chi connectivity index (χ1v) is 8.36. The Morgan fingerprint density at radius 1 is 1.24 bits per heavy atom. The minimum absolute atomic E-state index is 0.0221. The molecule has 1 aromatic rings. The van der Waals surface area contributed by atoms with Crippen molar-refractivity contribution in [3.8, 4) is 5.75 Å². The molecule has 1 aliphatic heterocycles. The van der Waals surface area contributed by atoms with Crippen molar-refractivity contribution < 1.29 is 37.3 Å². The van der Waals surface area contributed by atoms with Crippen molar-refractivity contribution in [3.05, 3.63) is 29.5 Å². The average Bonchev–Trinajstić information content (AvgIpc) is 2.58. The topological polar surface area (TPSA) is 145 Å². The number of carbonyl (C=O) groups is 2. The number of ether oxygens (including phenoxy) is 3. The van der Waals surface area contributed by atoms with Gasteiger partial charge in [-0.2, -0.15) is 0 Å². The second kappa shape index (κ2) is 7.09. The minimum atomic E-state index is -4.02. The molecule has 0 fully saturated rings. The Morgan fingerprint density at radius 2 is 1.88 bits per heavy atom. The SMILES string of the molecule is COC(=O)C1=C(C(=O)OC)N(c2ccc(S(N)(=O)=O)cc2O)COC1. The third-order valence-electron chi connectivity index (χ3n) is 3.40. The van der Waals surface area contributed by atoms with E-state index in [0.29, 0.717) is 0 Å². The van der Waals surface area contributed by atoms with E-state index in [-0.39, 0.29) is 35.2 Å². The first-order valence-electron chi connectivity index (χ1n) is 6.81. The number of aromatic hydroxyl groups is 1. The van der Waals surface area contributed by atoms with Crippen LogP contribution in [-0.2, 0) is 33.8 Å². The average molecular weight is 372 g/mol. The molecule has 25 heavy (non-hydrogen) atoms. The van der Waals surface area contributed by atoms with Crippen molar-refractivity contribution in [1.29, 1.82) is 0 Å². The van der Waals surface area contributed by atoms with Crippen LogP contribution in [0.1, 0.15) is 0 Å². The van der Waals surface area contributed by atoms with E-state index in [1.165, 1.54) is 11.0 Å². The summed E-state index contributed by atoms with van der Waals surface area (Å²) < 4.78 is 37.3. The molecule has 0 aliphatic carbocycles. The van der Waals surface area contributed by atoms with Gasteiger partial charge in [0.1, 0.15) is 18.2 Å². The van der Waals surface area contributed by atoms with Crippen molar-refractivity contribution in [2.75, 3.05) is 32.5 Å². The maximum atomic E-state index is 12.1. The Balaban J connectivity index is 2.60. The van der Waals surface area contributed by atoms with E-state index in [2.05, 4.69) is 9.47 Å². The van der Waals surface area contributed by atoms with Crippen LogP contribution in [0.5, 0.6) is 5.75 Å². The molecule has 1 aromatic carbocycles. The van der Waals surface area contributed by atoms with Gasteiger partial charge >= 0.3 is 11.9 Å². The van der Waals surface area contributed by atoms with Crippen molar-refractivity contribution in [2.24, 2.45) is 5.14 Å². The lowest BCUT2D eigenvalue weighted by Crippen LogP contribution is -2.38. The molecule has 0 bridgehead atoms. The third kappa shape index (κ3) is 3.73. The number of carbonyl (C=O) groups excluding carboxylic acids is 2. The summed E-state index contributed by atoms with van der Waals surface area (Å²) >= 11 is 0. The van der Waals surface area contributed by atoms with E-state index < -0.39 is 27.7 Å². The van der Waals surface area contributed by atoms with Crippen molar-refractivity contribution in [2.45, 2.75) is 4.90 Å². The summed E-state index contributed by atoms with van der Waals surface area (Å²) in [6.45, 7) is -0.378. The maximum Gasteiger partial charge on any atom is 0.355 e. The van der Waals surface area contributed by atoms with Gasteiger partial charge in [0.2, 0.25) is 10.0 Å². The highest BCUT2D eigenvalue weighted by molar-refractivity contribution is 7.89. The summed E-state index contributed by atoms with van der Waals surface area (Å²) in [7, 11) is -1.76. The largest absolute Gasteiger partial charge is 0.506 e. The fourth-order valence-electron chi connectivity index (χ4n) is 2.24. The summed E-state index contributed by atoms with van der Waals surface area (Å²) in [5, 5.41) is 15.2. The number of hydrogen-bond acceptors (Lipinski definition) is 9. The van der Waals surface area contributed by atoms with Crippen LogP contribution in [-0.4, -0.2) is 53.0 Å². The molecule has 136 valence electrons. The minimum Gasteiger partial charge on any atom is -0.506 e. The lowest BCUT2D eigenvalue weighted by molar-refractivity contribution is -0.140. The number of nitrogens with two attached hydrogens (primary N) is 1. The smallest absolute Gasteiger partial charge is 0.355 e. The summed E-state index contributed by atoms with van der Waals surface area (Å²) in [6.07, 6.45) is 0. The van der Waals surface area contributed by atoms with Crippen LogP contribution >= 0.6 is 0 Å². The van der Waals surface area contributed by atoms with Gasteiger partial charge in [-0.1, -0.05) is 0 Å². The van der Waals surface area contributed by atoms with E-state index in [1.54, 1.807) is 0 Å². The molecule has 0 radical (unpaired) electrons. The molecule has 0 atom stereocenters. The highest BCUT2D eigenvalue weighted by atomic mass is 32.2. The van der Waals surface area contributed by atoms with Gasteiger partial charge in [-0.05, 0) is 12.1 Å². The summed E-state index contributed by atoms with van der Waals surface area (Å²) in [6, 6.07) is 3.29. The van der Waals surface area contributed by atoms with Crippen LogP contribution < -0.4 is 10.0 Å². The number of phenolic OH excluding ortho intramolecular Hbond substituents is 1. The molecule has 10 nitrogen and oxygen atoms in total. The quantitative estimate of drug-likeness (QED) is 0.664. The van der Waals surface area contributed by atoms with E-state index in [1.807, 2.05) is 0 Å². The Labute approximate surface area is 143 Å².